The van der Waals surface area contributed by atoms with E-state index >= 15 is 0 Å². The van der Waals surface area contributed by atoms with E-state index in [0.717, 1.165) is 12.5 Å². The monoisotopic (exact) mass is 228 g/mol. The Hall–Kier alpha value is -0.180. The quantitative estimate of drug-likeness (QED) is 0.781. The molecule has 0 radical (unpaired) electrons. The van der Waals surface area contributed by atoms with E-state index < -0.39 is 0 Å². The fourth-order valence-electron chi connectivity index (χ4n) is 2.02. The molecular formula is C12H24N2S. The molecule has 0 aromatic carbocycles. The van der Waals surface area contributed by atoms with Crippen molar-refractivity contribution in [2.75, 3.05) is 6.54 Å². The molecule has 0 saturated carbocycles. The van der Waals surface area contributed by atoms with Gasteiger partial charge in [0.05, 0.1) is 6.54 Å². The second-order valence-electron chi connectivity index (χ2n) is 4.30. The van der Waals surface area contributed by atoms with Crippen molar-refractivity contribution in [2.45, 2.75) is 58.2 Å². The van der Waals surface area contributed by atoms with Crippen LogP contribution in [0.2, 0.25) is 0 Å². The van der Waals surface area contributed by atoms with E-state index in [4.69, 9.17) is 0 Å². The molecule has 88 valence electrons. The topological polar surface area (TPSA) is 24.4 Å². The summed E-state index contributed by atoms with van der Waals surface area (Å²) in [6, 6.07) is 0.557. The zero-order valence-corrected chi connectivity index (χ0v) is 11.2. The first-order valence-corrected chi connectivity index (χ1v) is 7.06. The summed E-state index contributed by atoms with van der Waals surface area (Å²) in [6.07, 6.45) is 3.72. The van der Waals surface area contributed by atoms with Crippen LogP contribution in [0.4, 0.5) is 0 Å². The van der Waals surface area contributed by atoms with Gasteiger partial charge in [-0.05, 0) is 19.3 Å². The largest absolute Gasteiger partial charge is 0.362 e. The average molecular weight is 228 g/mol. The Bertz CT molecular complexity index is 212. The fraction of sp³-hybridized carbons (Fsp3) is 0.917. The maximum atomic E-state index is 4.55. The van der Waals surface area contributed by atoms with Gasteiger partial charge in [-0.2, -0.15) is 0 Å². The van der Waals surface area contributed by atoms with Gasteiger partial charge in [0.2, 0.25) is 0 Å². The summed E-state index contributed by atoms with van der Waals surface area (Å²) >= 11 is 1.92. The molecule has 2 unspecified atom stereocenters. The lowest BCUT2D eigenvalue weighted by Crippen LogP contribution is -2.35. The third-order valence-electron chi connectivity index (χ3n) is 3.28. The average Bonchev–Trinajstić information content (AvgIpc) is 2.67. The molecule has 1 aliphatic rings. The van der Waals surface area contributed by atoms with Gasteiger partial charge in [-0.1, -0.05) is 45.4 Å². The Kier molecular flexibility index (Phi) is 5.51. The first-order chi connectivity index (χ1) is 7.21. The minimum Gasteiger partial charge on any atom is -0.362 e. The molecule has 0 bridgehead atoms. The van der Waals surface area contributed by atoms with Crippen molar-refractivity contribution >= 4 is 16.9 Å². The second kappa shape index (κ2) is 6.41. The van der Waals surface area contributed by atoms with Crippen molar-refractivity contribution in [1.29, 1.82) is 0 Å². The molecule has 0 spiro atoms. The number of aliphatic imine (C=N–C) groups is 1. The highest BCUT2D eigenvalue weighted by atomic mass is 32.2. The number of rotatable bonds is 5. The van der Waals surface area contributed by atoms with E-state index in [9.17, 15) is 0 Å². The summed E-state index contributed by atoms with van der Waals surface area (Å²) in [5.41, 5.74) is 0. The summed E-state index contributed by atoms with van der Waals surface area (Å²) < 4.78 is 0. The predicted molar refractivity (Wildman–Crippen MR) is 70.6 cm³/mol. The Morgan fingerprint density at radius 3 is 2.53 bits per heavy atom. The van der Waals surface area contributed by atoms with Crippen LogP contribution in [-0.4, -0.2) is 23.0 Å². The van der Waals surface area contributed by atoms with Gasteiger partial charge in [0, 0.05) is 11.3 Å². The molecule has 1 heterocycles. The van der Waals surface area contributed by atoms with Crippen molar-refractivity contribution in [2.24, 2.45) is 10.9 Å². The van der Waals surface area contributed by atoms with Gasteiger partial charge in [0.1, 0.15) is 0 Å². The smallest absolute Gasteiger partial charge is 0.157 e. The van der Waals surface area contributed by atoms with Crippen molar-refractivity contribution < 1.29 is 0 Å². The van der Waals surface area contributed by atoms with Gasteiger partial charge >= 0.3 is 0 Å². The highest BCUT2D eigenvalue weighted by Gasteiger charge is 2.21. The number of hydrogen-bond donors (Lipinski definition) is 1. The van der Waals surface area contributed by atoms with Crippen molar-refractivity contribution in [3.05, 3.63) is 0 Å². The zero-order chi connectivity index (χ0) is 11.3. The van der Waals surface area contributed by atoms with Gasteiger partial charge in [-0.25, -0.2) is 0 Å². The van der Waals surface area contributed by atoms with Crippen LogP contribution in [0.25, 0.3) is 0 Å². The molecule has 2 atom stereocenters. The summed E-state index contributed by atoms with van der Waals surface area (Å²) in [7, 11) is 0. The van der Waals surface area contributed by atoms with Gasteiger partial charge in [-0.3, -0.25) is 4.99 Å². The molecule has 1 rings (SSSR count). The molecule has 0 aliphatic carbocycles. The van der Waals surface area contributed by atoms with Gasteiger partial charge < -0.3 is 5.32 Å². The van der Waals surface area contributed by atoms with Crippen LogP contribution >= 0.6 is 11.8 Å². The number of nitrogens with one attached hydrogen (secondary N) is 1. The highest BCUT2D eigenvalue weighted by Crippen LogP contribution is 2.23. The minimum absolute atomic E-state index is 0.557. The lowest BCUT2D eigenvalue weighted by Gasteiger charge is -2.23. The van der Waals surface area contributed by atoms with Crippen LogP contribution < -0.4 is 5.32 Å². The van der Waals surface area contributed by atoms with Crippen molar-refractivity contribution in [3.63, 3.8) is 0 Å². The molecule has 0 amide bonds. The van der Waals surface area contributed by atoms with Gasteiger partial charge in [0.25, 0.3) is 0 Å². The van der Waals surface area contributed by atoms with Crippen molar-refractivity contribution in [3.8, 4) is 0 Å². The van der Waals surface area contributed by atoms with E-state index in [1.165, 1.54) is 24.4 Å². The molecule has 15 heavy (non-hydrogen) atoms. The molecule has 0 fully saturated rings. The normalized spacial score (nSPS) is 23.0. The second-order valence-corrected chi connectivity index (χ2v) is 5.59. The fourth-order valence-corrected chi connectivity index (χ4v) is 3.05. The Morgan fingerprint density at radius 1 is 1.40 bits per heavy atom. The number of amidine groups is 1. The first kappa shape index (κ1) is 12.9. The minimum atomic E-state index is 0.557. The third-order valence-corrected chi connectivity index (χ3v) is 4.57. The summed E-state index contributed by atoms with van der Waals surface area (Å²) in [6.45, 7) is 10.1. The summed E-state index contributed by atoms with van der Waals surface area (Å²) in [5, 5.41) is 5.44. The van der Waals surface area contributed by atoms with Gasteiger partial charge in [0.15, 0.2) is 5.17 Å². The van der Waals surface area contributed by atoms with E-state index in [0.29, 0.717) is 11.3 Å². The van der Waals surface area contributed by atoms with Crippen LogP contribution in [-0.2, 0) is 0 Å². The van der Waals surface area contributed by atoms with Crippen molar-refractivity contribution in [1.82, 2.24) is 5.32 Å². The van der Waals surface area contributed by atoms with Crippen LogP contribution in [0.5, 0.6) is 0 Å². The van der Waals surface area contributed by atoms with Crippen LogP contribution in [0.15, 0.2) is 4.99 Å². The molecule has 2 nitrogen and oxygen atoms in total. The zero-order valence-electron chi connectivity index (χ0n) is 10.4. The number of thioether (sulfide) groups is 1. The maximum absolute atomic E-state index is 4.55. The lowest BCUT2D eigenvalue weighted by molar-refractivity contribution is 0.392. The molecule has 0 saturated heterocycles. The highest BCUT2D eigenvalue weighted by molar-refractivity contribution is 8.14. The maximum Gasteiger partial charge on any atom is 0.157 e. The Balaban J connectivity index is 2.35. The first-order valence-electron chi connectivity index (χ1n) is 6.18. The van der Waals surface area contributed by atoms with Crippen LogP contribution in [0, 0.1) is 5.92 Å². The summed E-state index contributed by atoms with van der Waals surface area (Å²) in [5.74, 6) is 0.772. The molecule has 3 heteroatoms. The Labute approximate surface area is 98.3 Å². The van der Waals surface area contributed by atoms with Crippen LogP contribution in [0.1, 0.15) is 47.0 Å². The lowest BCUT2D eigenvalue weighted by atomic mass is 9.96. The summed E-state index contributed by atoms with van der Waals surface area (Å²) in [4.78, 5) is 4.55. The van der Waals surface area contributed by atoms with Crippen LogP contribution in [0.3, 0.4) is 0 Å². The third kappa shape index (κ3) is 3.71. The molecular weight excluding hydrogens is 204 g/mol. The van der Waals surface area contributed by atoms with E-state index in [1.807, 2.05) is 11.8 Å². The standard InChI is InChI=1S/C12H24N2S/c1-5-10(6-2)9(4)14-12-13-8-11(7-3)15-12/h9-11H,5-8H2,1-4H3,(H,13,14). The molecule has 1 N–H and O–H groups in total. The molecule has 1 aliphatic heterocycles. The SMILES string of the molecule is CCC1CN=C(NC(C)C(CC)CC)S1. The van der Waals surface area contributed by atoms with E-state index in [1.54, 1.807) is 0 Å². The number of nitrogens with zero attached hydrogens (tertiary/aromatic N) is 1. The van der Waals surface area contributed by atoms with E-state index in [2.05, 4.69) is 38.0 Å². The molecule has 0 aromatic heterocycles. The Morgan fingerprint density at radius 2 is 2.07 bits per heavy atom. The van der Waals surface area contributed by atoms with E-state index in [-0.39, 0.29) is 0 Å². The molecule has 0 aromatic rings. The predicted octanol–water partition coefficient (Wildman–Crippen LogP) is 3.28. The number of hydrogen-bond acceptors (Lipinski definition) is 3. The van der Waals surface area contributed by atoms with Gasteiger partial charge in [-0.15, -0.1) is 0 Å².